The molecule has 0 saturated carbocycles. The summed E-state index contributed by atoms with van der Waals surface area (Å²) in [6, 6.07) is 34.5. The lowest BCUT2D eigenvalue weighted by atomic mass is 10.1. The minimum Gasteiger partial charge on any atom is -0.478 e. The average Bonchev–Trinajstić information content (AvgIpc) is 3.19. The van der Waals surface area contributed by atoms with Gasteiger partial charge in [-0.15, -0.1) is 12.8 Å². The fraction of sp³-hybridized carbons (Fsp3) is 0. The molecule has 0 unspecified atom stereocenters. The van der Waals surface area contributed by atoms with E-state index in [4.69, 9.17) is 27.1 Å². The van der Waals surface area contributed by atoms with Crippen molar-refractivity contribution in [2.24, 2.45) is 0 Å². The van der Waals surface area contributed by atoms with Crippen molar-refractivity contribution in [1.82, 2.24) is 0 Å². The first-order valence-electron chi connectivity index (χ1n) is 16.3. The van der Waals surface area contributed by atoms with E-state index in [2.05, 4.69) is 22.5 Å². The van der Waals surface area contributed by atoms with Crippen molar-refractivity contribution in [1.29, 1.82) is 0 Å². The first kappa shape index (κ1) is 36.5. The molecule has 11 nitrogen and oxygen atoms in total. The van der Waals surface area contributed by atoms with Crippen molar-refractivity contribution < 1.29 is 43.6 Å². The highest BCUT2D eigenvalue weighted by atomic mass is 16.5. The number of rotatable bonds is 12. The van der Waals surface area contributed by atoms with E-state index in [1.54, 1.807) is 97.1 Å². The van der Waals surface area contributed by atoms with Crippen LogP contribution in [0.3, 0.4) is 0 Å². The molecular weight excluding hydrogens is 700 g/mol. The lowest BCUT2D eigenvalue weighted by Crippen LogP contribution is -2.16. The predicted molar refractivity (Wildman–Crippen MR) is 205 cm³/mol. The Kier molecular flexibility index (Phi) is 10.9. The molecule has 6 aromatic carbocycles. The number of anilines is 2. The highest BCUT2D eigenvalue weighted by Gasteiger charge is 2.20. The molecule has 0 aliphatic heterocycles. The molecule has 2 amide bonds. The quantitative estimate of drug-likeness (QED) is 0.0902. The van der Waals surface area contributed by atoms with E-state index >= 15 is 0 Å². The van der Waals surface area contributed by atoms with E-state index in [0.29, 0.717) is 45.5 Å². The van der Waals surface area contributed by atoms with Crippen LogP contribution in [0, 0.1) is 24.7 Å². The molecule has 0 bridgehead atoms. The molecule has 4 N–H and O–H groups in total. The Morgan fingerprint density at radius 3 is 1.13 bits per heavy atom. The number of benzene rings is 6. The molecule has 0 heterocycles. The molecule has 0 spiro atoms. The molecule has 268 valence electrons. The second kappa shape index (κ2) is 16.4. The topological polar surface area (TPSA) is 160 Å². The average molecular weight is 729 g/mol. The molecule has 55 heavy (non-hydrogen) atoms. The Labute approximate surface area is 314 Å². The third-order valence-corrected chi connectivity index (χ3v) is 7.91. The second-order valence-electron chi connectivity index (χ2n) is 11.6. The predicted octanol–water partition coefficient (Wildman–Crippen LogP) is 8.93. The van der Waals surface area contributed by atoms with Gasteiger partial charge in [0.05, 0.1) is 22.3 Å². The SMILES string of the molecule is C#Cc1ccc(NC(=O)c2ccc(Oc3ccc(Oc4ccc(Oc5ccc(C(=O)O)c(C(=O)Nc6ccc(C#C)cc6)c5)cc4)cc3)cc2C(=O)O)cc1. The van der Waals surface area contributed by atoms with Crippen LogP contribution in [0.5, 0.6) is 34.5 Å². The zero-order valence-electron chi connectivity index (χ0n) is 28.6. The largest absolute Gasteiger partial charge is 0.478 e. The summed E-state index contributed by atoms with van der Waals surface area (Å²) in [5, 5.41) is 24.8. The van der Waals surface area contributed by atoms with Crippen molar-refractivity contribution in [2.45, 2.75) is 0 Å². The number of nitrogens with one attached hydrogen (secondary N) is 2. The van der Waals surface area contributed by atoms with Crippen LogP contribution in [0.1, 0.15) is 52.6 Å². The number of terminal acetylenes is 2. The van der Waals surface area contributed by atoms with Gasteiger partial charge in [-0.05, 0) is 133 Å². The normalized spacial score (nSPS) is 10.2. The van der Waals surface area contributed by atoms with Crippen LogP contribution in [0.4, 0.5) is 11.4 Å². The first-order chi connectivity index (χ1) is 26.6. The molecular formula is C44H28N2O9. The third-order valence-electron chi connectivity index (χ3n) is 7.91. The Morgan fingerprint density at radius 1 is 0.418 bits per heavy atom. The van der Waals surface area contributed by atoms with Gasteiger partial charge in [0.1, 0.15) is 34.5 Å². The maximum atomic E-state index is 13.0. The van der Waals surface area contributed by atoms with E-state index in [1.807, 2.05) is 0 Å². The monoisotopic (exact) mass is 728 g/mol. The number of hydrogen-bond acceptors (Lipinski definition) is 7. The van der Waals surface area contributed by atoms with Crippen LogP contribution >= 0.6 is 0 Å². The summed E-state index contributed by atoms with van der Waals surface area (Å²) in [4.78, 5) is 49.8. The number of ether oxygens (including phenoxy) is 3. The number of carbonyl (C=O) groups excluding carboxylic acids is 2. The number of carboxylic acids is 2. The summed E-state index contributed by atoms with van der Waals surface area (Å²) in [6.45, 7) is 0. The molecule has 0 atom stereocenters. The van der Waals surface area contributed by atoms with E-state index in [9.17, 15) is 29.4 Å². The van der Waals surface area contributed by atoms with Gasteiger partial charge in [0.15, 0.2) is 0 Å². The zero-order chi connectivity index (χ0) is 38.9. The van der Waals surface area contributed by atoms with Crippen molar-refractivity contribution in [2.75, 3.05) is 10.6 Å². The van der Waals surface area contributed by atoms with Gasteiger partial charge < -0.3 is 35.1 Å². The Bertz CT molecular complexity index is 2500. The summed E-state index contributed by atoms with van der Waals surface area (Å²) in [6.07, 6.45) is 10.7. The van der Waals surface area contributed by atoms with Gasteiger partial charge in [-0.3, -0.25) is 9.59 Å². The fourth-order valence-electron chi connectivity index (χ4n) is 5.18. The summed E-state index contributed by atoms with van der Waals surface area (Å²) >= 11 is 0. The number of amides is 2. The number of aromatic carboxylic acids is 2. The van der Waals surface area contributed by atoms with Crippen LogP contribution in [0.2, 0.25) is 0 Å². The summed E-state index contributed by atoms with van der Waals surface area (Å²) < 4.78 is 17.7. The minimum absolute atomic E-state index is 0.0476. The second-order valence-corrected chi connectivity index (χ2v) is 11.6. The van der Waals surface area contributed by atoms with E-state index in [1.165, 1.54) is 36.4 Å². The molecule has 0 saturated heterocycles. The van der Waals surface area contributed by atoms with Gasteiger partial charge in [0.25, 0.3) is 11.8 Å². The minimum atomic E-state index is -1.30. The highest BCUT2D eigenvalue weighted by Crippen LogP contribution is 2.31. The molecule has 0 radical (unpaired) electrons. The molecule has 6 aromatic rings. The standard InChI is InChI=1S/C44H28N2O9/c1-3-27-5-9-29(10-6-27)45-41(47)37-23-21-36(26-40(37)44(51)52)55-34-19-15-32(16-20-34)53-31-13-17-33(18-14-31)54-35-22-24-38(43(49)50)39(25-35)42(48)46-30-11-7-28(4-2)8-12-30/h1-2,5-26H,(H,45,47)(H,46,48)(H,49,50)(H,51,52). The van der Waals surface area contributed by atoms with Crippen molar-refractivity contribution in [3.63, 3.8) is 0 Å². The van der Waals surface area contributed by atoms with E-state index < -0.39 is 23.8 Å². The van der Waals surface area contributed by atoms with Crippen LogP contribution in [-0.2, 0) is 0 Å². The summed E-state index contributed by atoms with van der Waals surface area (Å²) in [5.41, 5.74) is 1.59. The molecule has 0 aliphatic carbocycles. The van der Waals surface area contributed by atoms with Crippen LogP contribution < -0.4 is 24.8 Å². The zero-order valence-corrected chi connectivity index (χ0v) is 28.6. The Balaban J connectivity index is 1.07. The van der Waals surface area contributed by atoms with Gasteiger partial charge in [-0.25, -0.2) is 9.59 Å². The van der Waals surface area contributed by atoms with Crippen LogP contribution in [-0.4, -0.2) is 34.0 Å². The Hall–Kier alpha value is -8.28. The highest BCUT2D eigenvalue weighted by molar-refractivity contribution is 6.11. The van der Waals surface area contributed by atoms with Gasteiger partial charge in [0.2, 0.25) is 0 Å². The molecule has 11 heteroatoms. The van der Waals surface area contributed by atoms with E-state index in [0.717, 1.165) is 0 Å². The van der Waals surface area contributed by atoms with Gasteiger partial charge in [0, 0.05) is 22.5 Å². The smallest absolute Gasteiger partial charge is 0.336 e. The number of hydrogen-bond donors (Lipinski definition) is 4. The van der Waals surface area contributed by atoms with Crippen molar-refractivity contribution in [3.8, 4) is 59.2 Å². The maximum Gasteiger partial charge on any atom is 0.336 e. The van der Waals surface area contributed by atoms with Crippen molar-refractivity contribution >= 4 is 35.1 Å². The summed E-state index contributed by atoms with van der Waals surface area (Å²) in [5.74, 6) is 3.35. The lowest BCUT2D eigenvalue weighted by molar-refractivity contribution is 0.0683. The first-order valence-corrected chi connectivity index (χ1v) is 16.3. The van der Waals surface area contributed by atoms with Crippen LogP contribution in [0.15, 0.2) is 133 Å². The molecule has 0 aliphatic rings. The molecule has 0 fully saturated rings. The maximum absolute atomic E-state index is 13.0. The fourth-order valence-corrected chi connectivity index (χ4v) is 5.18. The number of carbonyl (C=O) groups is 4. The third kappa shape index (κ3) is 9.15. The van der Waals surface area contributed by atoms with E-state index in [-0.39, 0.29) is 33.8 Å². The van der Waals surface area contributed by atoms with Gasteiger partial charge in [-0.1, -0.05) is 11.8 Å². The van der Waals surface area contributed by atoms with Crippen LogP contribution in [0.25, 0.3) is 0 Å². The number of carboxylic acid groups (broad SMARTS) is 2. The summed E-state index contributed by atoms with van der Waals surface area (Å²) in [7, 11) is 0. The lowest BCUT2D eigenvalue weighted by Gasteiger charge is -2.12. The van der Waals surface area contributed by atoms with Gasteiger partial charge >= 0.3 is 11.9 Å². The molecule has 6 rings (SSSR count). The Morgan fingerprint density at radius 2 is 0.745 bits per heavy atom. The van der Waals surface area contributed by atoms with Gasteiger partial charge in [-0.2, -0.15) is 0 Å². The molecule has 0 aromatic heterocycles. The van der Waals surface area contributed by atoms with Crippen molar-refractivity contribution in [3.05, 3.63) is 167 Å².